The van der Waals surface area contributed by atoms with E-state index in [0.717, 1.165) is 44.1 Å². The van der Waals surface area contributed by atoms with Gasteiger partial charge in [0.1, 0.15) is 11.6 Å². The molecule has 5 nitrogen and oxygen atoms in total. The van der Waals surface area contributed by atoms with Gasteiger partial charge in [-0.2, -0.15) is 0 Å². The Morgan fingerprint density at radius 1 is 1.19 bits per heavy atom. The molecule has 1 atom stereocenters. The smallest absolute Gasteiger partial charge is 0.260 e. The lowest BCUT2D eigenvalue weighted by Gasteiger charge is -2.17. The molecule has 1 saturated carbocycles. The van der Waals surface area contributed by atoms with Crippen LogP contribution in [0.5, 0.6) is 5.75 Å². The van der Waals surface area contributed by atoms with E-state index in [1.807, 2.05) is 41.4 Å². The van der Waals surface area contributed by atoms with Crippen molar-refractivity contribution < 1.29 is 9.53 Å². The van der Waals surface area contributed by atoms with Gasteiger partial charge in [0.05, 0.1) is 0 Å². The van der Waals surface area contributed by atoms with Crippen LogP contribution in [0.25, 0.3) is 0 Å². The molecule has 0 bridgehead atoms. The third-order valence-electron chi connectivity index (χ3n) is 5.49. The third kappa shape index (κ3) is 4.09. The third-order valence-corrected chi connectivity index (χ3v) is 5.49. The summed E-state index contributed by atoms with van der Waals surface area (Å²) in [4.78, 5) is 19.0. The zero-order valence-electron chi connectivity index (χ0n) is 15.4. The summed E-state index contributed by atoms with van der Waals surface area (Å²) < 4.78 is 7.99. The zero-order chi connectivity index (χ0) is 17.9. The van der Waals surface area contributed by atoms with Crippen molar-refractivity contribution in [2.24, 2.45) is 11.8 Å². The average molecular weight is 353 g/mol. The Hall–Kier alpha value is -2.30. The van der Waals surface area contributed by atoms with Crippen molar-refractivity contribution in [3.8, 4) is 5.75 Å². The Kier molecular flexibility index (Phi) is 4.96. The second-order valence-corrected chi connectivity index (χ2v) is 7.67. The lowest BCUT2D eigenvalue weighted by Crippen LogP contribution is -2.33. The van der Waals surface area contributed by atoms with Crippen LogP contribution in [0.1, 0.15) is 30.8 Å². The molecule has 2 fully saturated rings. The summed E-state index contributed by atoms with van der Waals surface area (Å²) >= 11 is 0. The molecule has 2 heterocycles. The average Bonchev–Trinajstić information content (AvgIpc) is 3.26. The second-order valence-electron chi connectivity index (χ2n) is 7.67. The SMILES string of the molecule is Cc1cnc(CC2CCN(C(=O)COc3ccccc3)C2)n1CC1CC1. The van der Waals surface area contributed by atoms with Crippen molar-refractivity contribution in [3.63, 3.8) is 0 Å². The fraction of sp³-hybridized carbons (Fsp3) is 0.524. The van der Waals surface area contributed by atoms with Gasteiger partial charge in [-0.1, -0.05) is 18.2 Å². The van der Waals surface area contributed by atoms with Gasteiger partial charge >= 0.3 is 0 Å². The topological polar surface area (TPSA) is 47.4 Å². The van der Waals surface area contributed by atoms with E-state index in [2.05, 4.69) is 16.5 Å². The number of carbonyl (C=O) groups excluding carboxylic acids is 1. The number of imidazole rings is 1. The van der Waals surface area contributed by atoms with Crippen molar-refractivity contribution in [1.29, 1.82) is 0 Å². The Morgan fingerprint density at radius 3 is 2.77 bits per heavy atom. The van der Waals surface area contributed by atoms with Gasteiger partial charge < -0.3 is 14.2 Å². The number of hydrogen-bond acceptors (Lipinski definition) is 3. The number of likely N-dealkylation sites (tertiary alicyclic amines) is 1. The minimum atomic E-state index is 0.0776. The van der Waals surface area contributed by atoms with E-state index in [4.69, 9.17) is 4.74 Å². The molecule has 4 rings (SSSR count). The summed E-state index contributed by atoms with van der Waals surface area (Å²) in [5.41, 5.74) is 1.26. The number of rotatable bonds is 7. The molecule has 1 aliphatic heterocycles. The second kappa shape index (κ2) is 7.52. The molecule has 1 aromatic carbocycles. The number of para-hydroxylation sites is 1. The molecule has 0 N–H and O–H groups in total. The summed E-state index contributed by atoms with van der Waals surface area (Å²) in [5.74, 6) is 3.35. The standard InChI is InChI=1S/C21H27N3O2/c1-16-12-22-20(24(16)14-17-7-8-17)11-18-9-10-23(13-18)21(25)15-26-19-5-3-2-4-6-19/h2-6,12,17-18H,7-11,13-15H2,1H3. The molecule has 138 valence electrons. The van der Waals surface area contributed by atoms with Crippen molar-refractivity contribution in [1.82, 2.24) is 14.5 Å². The lowest BCUT2D eigenvalue weighted by atomic mass is 10.0. The van der Waals surface area contributed by atoms with Crippen LogP contribution in [0, 0.1) is 18.8 Å². The largest absolute Gasteiger partial charge is 0.484 e. The number of amides is 1. The zero-order valence-corrected chi connectivity index (χ0v) is 15.4. The Labute approximate surface area is 155 Å². The van der Waals surface area contributed by atoms with Crippen molar-refractivity contribution >= 4 is 5.91 Å². The monoisotopic (exact) mass is 353 g/mol. The van der Waals surface area contributed by atoms with Crippen molar-refractivity contribution in [3.05, 3.63) is 48.0 Å². The first kappa shape index (κ1) is 17.1. The van der Waals surface area contributed by atoms with Crippen LogP contribution in [0.2, 0.25) is 0 Å². The molecule has 1 aliphatic carbocycles. The van der Waals surface area contributed by atoms with Crippen LogP contribution in [0.3, 0.4) is 0 Å². The first-order chi connectivity index (χ1) is 12.7. The molecule has 2 aromatic rings. The van der Waals surface area contributed by atoms with Gasteiger partial charge in [0.2, 0.25) is 0 Å². The molecule has 0 radical (unpaired) electrons. The predicted octanol–water partition coefficient (Wildman–Crippen LogP) is 3.07. The van der Waals surface area contributed by atoms with E-state index in [0.29, 0.717) is 5.92 Å². The van der Waals surface area contributed by atoms with Gasteiger partial charge in [-0.25, -0.2) is 4.98 Å². The lowest BCUT2D eigenvalue weighted by molar-refractivity contribution is -0.132. The normalized spacial score (nSPS) is 19.7. The van der Waals surface area contributed by atoms with E-state index < -0.39 is 0 Å². The molecular formula is C21H27N3O2. The summed E-state index contributed by atoms with van der Waals surface area (Å²) in [6, 6.07) is 9.52. The number of aryl methyl sites for hydroxylation is 1. The van der Waals surface area contributed by atoms with E-state index in [-0.39, 0.29) is 12.5 Å². The highest BCUT2D eigenvalue weighted by Gasteiger charge is 2.29. The fourth-order valence-electron chi connectivity index (χ4n) is 3.72. The van der Waals surface area contributed by atoms with Crippen LogP contribution in [0.15, 0.2) is 36.5 Å². The van der Waals surface area contributed by atoms with E-state index in [9.17, 15) is 4.79 Å². The minimum Gasteiger partial charge on any atom is -0.484 e. The first-order valence-corrected chi connectivity index (χ1v) is 9.65. The Balaban J connectivity index is 1.29. The van der Waals surface area contributed by atoms with Crippen molar-refractivity contribution in [2.75, 3.05) is 19.7 Å². The van der Waals surface area contributed by atoms with Gasteiger partial charge in [0.15, 0.2) is 6.61 Å². The highest BCUT2D eigenvalue weighted by atomic mass is 16.5. The fourth-order valence-corrected chi connectivity index (χ4v) is 3.72. The maximum absolute atomic E-state index is 12.4. The van der Waals surface area contributed by atoms with Gasteiger partial charge in [0.25, 0.3) is 5.91 Å². The molecule has 2 aliphatic rings. The van der Waals surface area contributed by atoms with E-state index in [1.54, 1.807) is 0 Å². The molecule has 5 heteroatoms. The van der Waals surface area contributed by atoms with Gasteiger partial charge in [-0.3, -0.25) is 4.79 Å². The minimum absolute atomic E-state index is 0.0776. The Morgan fingerprint density at radius 2 is 2.00 bits per heavy atom. The van der Waals surface area contributed by atoms with Crippen LogP contribution in [-0.4, -0.2) is 40.1 Å². The number of ether oxygens (including phenoxy) is 1. The highest BCUT2D eigenvalue weighted by Crippen LogP contribution is 2.32. The highest BCUT2D eigenvalue weighted by molar-refractivity contribution is 5.78. The van der Waals surface area contributed by atoms with Crippen LogP contribution < -0.4 is 4.74 Å². The summed E-state index contributed by atoms with van der Waals surface area (Å²) in [5, 5.41) is 0. The van der Waals surface area contributed by atoms with Gasteiger partial charge in [-0.05, 0) is 50.2 Å². The maximum atomic E-state index is 12.4. The number of hydrogen-bond donors (Lipinski definition) is 0. The molecule has 1 amide bonds. The van der Waals surface area contributed by atoms with E-state index >= 15 is 0 Å². The Bertz CT molecular complexity index is 752. The molecule has 1 saturated heterocycles. The summed E-state index contributed by atoms with van der Waals surface area (Å²) in [6.07, 6.45) is 6.70. The van der Waals surface area contributed by atoms with Crippen molar-refractivity contribution in [2.45, 2.75) is 39.2 Å². The number of carbonyl (C=O) groups is 1. The molecule has 26 heavy (non-hydrogen) atoms. The van der Waals surface area contributed by atoms with Gasteiger partial charge in [0, 0.05) is 37.9 Å². The summed E-state index contributed by atoms with van der Waals surface area (Å²) in [6.45, 7) is 5.01. The molecule has 1 aromatic heterocycles. The maximum Gasteiger partial charge on any atom is 0.260 e. The predicted molar refractivity (Wildman–Crippen MR) is 100 cm³/mol. The number of benzene rings is 1. The van der Waals surface area contributed by atoms with Gasteiger partial charge in [-0.15, -0.1) is 0 Å². The first-order valence-electron chi connectivity index (χ1n) is 9.65. The number of nitrogens with zero attached hydrogens (tertiary/aromatic N) is 3. The van der Waals surface area contributed by atoms with Crippen LogP contribution >= 0.6 is 0 Å². The number of aromatic nitrogens is 2. The van der Waals surface area contributed by atoms with Crippen LogP contribution in [0.4, 0.5) is 0 Å². The summed E-state index contributed by atoms with van der Waals surface area (Å²) in [7, 11) is 0. The quantitative estimate of drug-likeness (QED) is 0.768. The molecule has 1 unspecified atom stereocenters. The van der Waals surface area contributed by atoms with E-state index in [1.165, 1.54) is 24.4 Å². The molecular weight excluding hydrogens is 326 g/mol. The van der Waals surface area contributed by atoms with Crippen LogP contribution in [-0.2, 0) is 17.8 Å². The molecule has 0 spiro atoms.